The van der Waals surface area contributed by atoms with E-state index in [4.69, 9.17) is 4.74 Å². The molecular formula is C13H22N2O2. The summed E-state index contributed by atoms with van der Waals surface area (Å²) in [7, 11) is 0. The summed E-state index contributed by atoms with van der Waals surface area (Å²) in [5.74, 6) is 0.818. The van der Waals surface area contributed by atoms with E-state index in [2.05, 4.69) is 10.2 Å². The molecule has 0 radical (unpaired) electrons. The molecule has 4 fully saturated rings. The molecule has 0 aromatic heterocycles. The van der Waals surface area contributed by atoms with Gasteiger partial charge in [-0.3, -0.25) is 4.79 Å². The zero-order valence-electron chi connectivity index (χ0n) is 10.6. The van der Waals surface area contributed by atoms with Gasteiger partial charge in [-0.15, -0.1) is 0 Å². The molecule has 4 rings (SSSR count). The average molecular weight is 238 g/mol. The second kappa shape index (κ2) is 4.25. The molecule has 1 spiro atoms. The van der Waals surface area contributed by atoms with E-state index < -0.39 is 0 Å². The molecular weight excluding hydrogens is 216 g/mol. The first kappa shape index (κ1) is 11.5. The molecule has 0 aromatic rings. The van der Waals surface area contributed by atoms with Crippen LogP contribution in [0.3, 0.4) is 0 Å². The van der Waals surface area contributed by atoms with Gasteiger partial charge in [0.15, 0.2) is 0 Å². The van der Waals surface area contributed by atoms with Crippen LogP contribution in [0.2, 0.25) is 0 Å². The Morgan fingerprint density at radius 3 is 2.82 bits per heavy atom. The highest BCUT2D eigenvalue weighted by Gasteiger charge is 2.56. The predicted molar refractivity (Wildman–Crippen MR) is 64.6 cm³/mol. The van der Waals surface area contributed by atoms with Gasteiger partial charge in [-0.25, -0.2) is 0 Å². The van der Waals surface area contributed by atoms with Gasteiger partial charge < -0.3 is 15.0 Å². The van der Waals surface area contributed by atoms with E-state index in [1.54, 1.807) is 0 Å². The second-order valence-corrected chi connectivity index (χ2v) is 5.72. The lowest BCUT2D eigenvalue weighted by molar-refractivity contribution is -0.157. The highest BCUT2D eigenvalue weighted by atomic mass is 16.5. The van der Waals surface area contributed by atoms with Gasteiger partial charge in [0.25, 0.3) is 0 Å². The maximum atomic E-state index is 12.1. The van der Waals surface area contributed by atoms with Gasteiger partial charge in [-0.2, -0.15) is 0 Å². The Kier molecular flexibility index (Phi) is 2.87. The van der Waals surface area contributed by atoms with E-state index in [1.807, 2.05) is 6.92 Å². The summed E-state index contributed by atoms with van der Waals surface area (Å²) in [5, 5.41) is 3.43. The van der Waals surface area contributed by atoms with Crippen LogP contribution < -0.4 is 5.32 Å². The van der Waals surface area contributed by atoms with Crippen LogP contribution in [0.1, 0.15) is 19.8 Å². The summed E-state index contributed by atoms with van der Waals surface area (Å²) in [6.07, 6.45) is 2.52. The largest absolute Gasteiger partial charge is 0.466 e. The summed E-state index contributed by atoms with van der Waals surface area (Å²) in [5.41, 5.74) is 0.169. The molecule has 4 heteroatoms. The minimum absolute atomic E-state index is 0.0197. The van der Waals surface area contributed by atoms with Crippen LogP contribution >= 0.6 is 0 Å². The molecule has 4 aliphatic heterocycles. The van der Waals surface area contributed by atoms with Gasteiger partial charge in [-0.1, -0.05) is 0 Å². The van der Waals surface area contributed by atoms with Crippen LogP contribution in [-0.4, -0.2) is 50.2 Å². The molecule has 17 heavy (non-hydrogen) atoms. The molecule has 96 valence electrons. The summed E-state index contributed by atoms with van der Waals surface area (Å²) in [6.45, 7) is 7.74. The van der Waals surface area contributed by atoms with Crippen LogP contribution in [0.4, 0.5) is 0 Å². The lowest BCUT2D eigenvalue weighted by atomic mass is 9.61. The standard InChI is InChI=1S/C13H22N2O2/c1-2-17-12(16)11-7-14-8-13(11)9-15-5-3-10(13)4-6-15/h10-11,14H,2-9H2,1H3. The Morgan fingerprint density at radius 1 is 1.47 bits per heavy atom. The molecule has 2 atom stereocenters. The molecule has 4 nitrogen and oxygen atoms in total. The number of nitrogens with zero attached hydrogens (tertiary/aromatic N) is 1. The third-order valence-corrected chi connectivity index (χ3v) is 4.99. The zero-order chi connectivity index (χ0) is 11.9. The number of carbonyl (C=O) groups is 1. The quantitative estimate of drug-likeness (QED) is 0.711. The lowest BCUT2D eigenvalue weighted by Crippen LogP contribution is -2.59. The molecule has 2 unspecified atom stereocenters. The van der Waals surface area contributed by atoms with Crippen molar-refractivity contribution < 1.29 is 9.53 Å². The normalized spacial score (nSPS) is 44.2. The van der Waals surface area contributed by atoms with Crippen molar-refractivity contribution in [2.45, 2.75) is 19.8 Å². The Morgan fingerprint density at radius 2 is 2.24 bits per heavy atom. The number of hydrogen-bond donors (Lipinski definition) is 1. The van der Waals surface area contributed by atoms with Crippen molar-refractivity contribution >= 4 is 5.97 Å². The van der Waals surface area contributed by atoms with Crippen LogP contribution in [0.5, 0.6) is 0 Å². The average Bonchev–Trinajstić information content (AvgIpc) is 2.74. The Labute approximate surface area is 103 Å². The molecule has 4 aliphatic rings. The minimum Gasteiger partial charge on any atom is -0.466 e. The van der Waals surface area contributed by atoms with E-state index >= 15 is 0 Å². The number of carbonyl (C=O) groups excluding carboxylic acids is 1. The molecule has 0 aromatic carbocycles. The SMILES string of the molecule is CCOC(=O)C1CNCC12CN1CCC2CC1. The van der Waals surface area contributed by atoms with E-state index in [0.29, 0.717) is 6.61 Å². The van der Waals surface area contributed by atoms with E-state index in [-0.39, 0.29) is 17.3 Å². The van der Waals surface area contributed by atoms with Crippen molar-refractivity contribution in [2.75, 3.05) is 39.3 Å². The fraction of sp³-hybridized carbons (Fsp3) is 0.923. The summed E-state index contributed by atoms with van der Waals surface area (Å²) >= 11 is 0. The number of piperidine rings is 3. The number of rotatable bonds is 2. The molecule has 4 heterocycles. The fourth-order valence-corrected chi connectivity index (χ4v) is 4.14. The molecule has 4 saturated heterocycles. The van der Waals surface area contributed by atoms with Gasteiger partial charge in [0.1, 0.15) is 0 Å². The molecule has 0 amide bonds. The van der Waals surface area contributed by atoms with Crippen molar-refractivity contribution in [1.29, 1.82) is 0 Å². The van der Waals surface area contributed by atoms with E-state index in [9.17, 15) is 4.79 Å². The van der Waals surface area contributed by atoms with Crippen LogP contribution in [0, 0.1) is 17.3 Å². The maximum absolute atomic E-state index is 12.1. The summed E-state index contributed by atoms with van der Waals surface area (Å²) in [4.78, 5) is 14.6. The molecule has 1 N–H and O–H groups in total. The number of hydrogen-bond acceptors (Lipinski definition) is 4. The van der Waals surface area contributed by atoms with Crippen molar-refractivity contribution in [3.05, 3.63) is 0 Å². The first-order valence-corrected chi connectivity index (χ1v) is 6.86. The van der Waals surface area contributed by atoms with E-state index in [1.165, 1.54) is 25.9 Å². The minimum atomic E-state index is 0.0197. The number of ether oxygens (including phenoxy) is 1. The Balaban J connectivity index is 1.82. The number of fused-ring (bicyclic) bond motifs is 2. The van der Waals surface area contributed by atoms with Crippen molar-refractivity contribution in [1.82, 2.24) is 10.2 Å². The van der Waals surface area contributed by atoms with Gasteiger partial charge in [0.2, 0.25) is 0 Å². The van der Waals surface area contributed by atoms with Gasteiger partial charge in [0.05, 0.1) is 12.5 Å². The monoisotopic (exact) mass is 238 g/mol. The number of esters is 1. The van der Waals surface area contributed by atoms with Crippen LogP contribution in [0.15, 0.2) is 0 Å². The summed E-state index contributed by atoms with van der Waals surface area (Å²) in [6, 6.07) is 0. The van der Waals surface area contributed by atoms with Crippen molar-refractivity contribution in [3.63, 3.8) is 0 Å². The van der Waals surface area contributed by atoms with Gasteiger partial charge in [0, 0.05) is 25.0 Å². The molecule has 0 aliphatic carbocycles. The third kappa shape index (κ3) is 1.69. The molecule has 2 bridgehead atoms. The lowest BCUT2D eigenvalue weighted by Gasteiger charge is -2.53. The maximum Gasteiger partial charge on any atom is 0.310 e. The topological polar surface area (TPSA) is 41.6 Å². The molecule has 0 saturated carbocycles. The third-order valence-electron chi connectivity index (χ3n) is 4.99. The number of nitrogens with one attached hydrogen (secondary N) is 1. The zero-order valence-corrected chi connectivity index (χ0v) is 10.6. The first-order chi connectivity index (χ1) is 8.26. The Bertz CT molecular complexity index is 313. The van der Waals surface area contributed by atoms with Crippen LogP contribution in [0.25, 0.3) is 0 Å². The fourth-order valence-electron chi connectivity index (χ4n) is 4.14. The van der Waals surface area contributed by atoms with Crippen molar-refractivity contribution in [2.24, 2.45) is 17.3 Å². The smallest absolute Gasteiger partial charge is 0.310 e. The van der Waals surface area contributed by atoms with Gasteiger partial charge in [-0.05, 0) is 38.8 Å². The Hall–Kier alpha value is -0.610. The van der Waals surface area contributed by atoms with Crippen LogP contribution in [-0.2, 0) is 9.53 Å². The first-order valence-electron chi connectivity index (χ1n) is 6.86. The van der Waals surface area contributed by atoms with E-state index in [0.717, 1.165) is 25.6 Å². The highest BCUT2D eigenvalue weighted by molar-refractivity contribution is 5.74. The predicted octanol–water partition coefficient (Wildman–Crippen LogP) is 0.481. The van der Waals surface area contributed by atoms with Gasteiger partial charge >= 0.3 is 5.97 Å². The highest BCUT2D eigenvalue weighted by Crippen LogP contribution is 2.49. The van der Waals surface area contributed by atoms with Crippen molar-refractivity contribution in [3.8, 4) is 0 Å². The second-order valence-electron chi connectivity index (χ2n) is 5.72. The summed E-state index contributed by atoms with van der Waals surface area (Å²) < 4.78 is 5.26.